The Kier molecular flexibility index (Phi) is 8.32. The number of ether oxygens (including phenoxy) is 1. The number of rotatable bonds is 9. The molecule has 3 unspecified atom stereocenters. The van der Waals surface area contributed by atoms with Gasteiger partial charge in [-0.1, -0.05) is 19.4 Å². The minimum Gasteiger partial charge on any atom is -0.389 e. The van der Waals surface area contributed by atoms with E-state index in [2.05, 4.69) is 4.98 Å². The number of aliphatic hydroxyl groups excluding tert-OH is 2. The van der Waals surface area contributed by atoms with Crippen molar-refractivity contribution in [1.29, 1.82) is 0 Å². The Labute approximate surface area is 138 Å². The highest BCUT2D eigenvalue weighted by atomic mass is 32.2. The molecule has 1 rings (SSSR count). The molecular weight excluding hydrogens is 331 g/mol. The summed E-state index contributed by atoms with van der Waals surface area (Å²) in [5, 5.41) is 20.3. The molecule has 1 aromatic heterocycles. The molecular formula is C15H22F3NO3S. The molecule has 4 nitrogen and oxygen atoms in total. The molecule has 0 amide bonds. The van der Waals surface area contributed by atoms with Crippen molar-refractivity contribution >= 4 is 11.8 Å². The first-order valence-electron chi connectivity index (χ1n) is 7.44. The maximum absolute atomic E-state index is 12.6. The molecule has 8 heteroatoms. The predicted octanol–water partition coefficient (Wildman–Crippen LogP) is 3.12. The standard InChI is InChI=1S/C15H22F3NO3S/c1-3-6-11(22-4-2)14(21)10(20)9-23-13-8-5-7-12(19-13)15(16,17)18/h5,7-8,10-11,14,20-21H,3-4,6,9H2,1-2H3. The van der Waals surface area contributed by atoms with Crippen LogP contribution in [-0.2, 0) is 10.9 Å². The summed E-state index contributed by atoms with van der Waals surface area (Å²) in [5.41, 5.74) is -0.976. The van der Waals surface area contributed by atoms with Crippen molar-refractivity contribution in [3.05, 3.63) is 23.9 Å². The first-order valence-corrected chi connectivity index (χ1v) is 8.42. The average molecular weight is 353 g/mol. The average Bonchev–Trinajstić information content (AvgIpc) is 2.51. The van der Waals surface area contributed by atoms with Gasteiger partial charge in [0.2, 0.25) is 0 Å². The van der Waals surface area contributed by atoms with E-state index in [4.69, 9.17) is 4.74 Å². The predicted molar refractivity (Wildman–Crippen MR) is 82.3 cm³/mol. The Balaban J connectivity index is 2.62. The number of alkyl halides is 3. The second-order valence-corrected chi connectivity index (χ2v) is 6.05. The van der Waals surface area contributed by atoms with Gasteiger partial charge in [0.1, 0.15) is 11.8 Å². The number of pyridine rings is 1. The second-order valence-electron chi connectivity index (χ2n) is 5.01. The topological polar surface area (TPSA) is 62.6 Å². The summed E-state index contributed by atoms with van der Waals surface area (Å²) in [4.78, 5) is 3.51. The Morgan fingerprint density at radius 1 is 1.26 bits per heavy atom. The van der Waals surface area contributed by atoms with E-state index in [1.54, 1.807) is 6.92 Å². The number of halogens is 3. The molecule has 2 N–H and O–H groups in total. The second kappa shape index (κ2) is 9.46. The molecule has 0 radical (unpaired) electrons. The van der Waals surface area contributed by atoms with Crippen molar-refractivity contribution in [2.45, 2.75) is 56.2 Å². The van der Waals surface area contributed by atoms with E-state index in [0.717, 1.165) is 24.2 Å². The van der Waals surface area contributed by atoms with E-state index >= 15 is 0 Å². The third-order valence-electron chi connectivity index (χ3n) is 3.15. The van der Waals surface area contributed by atoms with Gasteiger partial charge in [0.15, 0.2) is 0 Å². The minimum atomic E-state index is -4.50. The van der Waals surface area contributed by atoms with Crippen LogP contribution in [-0.4, -0.2) is 45.9 Å². The third kappa shape index (κ3) is 6.66. The number of aromatic nitrogens is 1. The molecule has 0 aliphatic heterocycles. The van der Waals surface area contributed by atoms with Crippen molar-refractivity contribution in [2.75, 3.05) is 12.4 Å². The van der Waals surface area contributed by atoms with E-state index < -0.39 is 30.2 Å². The quantitative estimate of drug-likeness (QED) is 0.668. The number of hydrogen-bond acceptors (Lipinski definition) is 5. The normalized spacial score (nSPS) is 16.1. The monoisotopic (exact) mass is 353 g/mol. The van der Waals surface area contributed by atoms with Gasteiger partial charge in [0.25, 0.3) is 0 Å². The van der Waals surface area contributed by atoms with Crippen molar-refractivity contribution < 1.29 is 28.1 Å². The van der Waals surface area contributed by atoms with Gasteiger partial charge >= 0.3 is 6.18 Å². The number of aliphatic hydroxyl groups is 2. The highest BCUT2D eigenvalue weighted by molar-refractivity contribution is 7.99. The summed E-state index contributed by atoms with van der Waals surface area (Å²) in [6, 6.07) is 3.59. The molecule has 3 atom stereocenters. The van der Waals surface area contributed by atoms with E-state index in [1.165, 1.54) is 12.1 Å². The fourth-order valence-corrected chi connectivity index (χ4v) is 2.90. The summed E-state index contributed by atoms with van der Waals surface area (Å²) >= 11 is 0.964. The van der Waals surface area contributed by atoms with Crippen LogP contribution in [0.25, 0.3) is 0 Å². The maximum Gasteiger partial charge on any atom is 0.433 e. The van der Waals surface area contributed by atoms with Gasteiger partial charge in [-0.3, -0.25) is 0 Å². The lowest BCUT2D eigenvalue weighted by Crippen LogP contribution is -2.40. The van der Waals surface area contributed by atoms with Gasteiger partial charge in [-0.15, -0.1) is 11.8 Å². The van der Waals surface area contributed by atoms with E-state index in [9.17, 15) is 23.4 Å². The minimum absolute atomic E-state index is 0.0305. The number of hydrogen-bond donors (Lipinski definition) is 2. The van der Waals surface area contributed by atoms with Crippen LogP contribution in [0.15, 0.2) is 23.2 Å². The smallest absolute Gasteiger partial charge is 0.389 e. The van der Waals surface area contributed by atoms with Crippen LogP contribution in [0.5, 0.6) is 0 Å². The van der Waals surface area contributed by atoms with Crippen LogP contribution >= 0.6 is 11.8 Å². The Morgan fingerprint density at radius 3 is 2.52 bits per heavy atom. The zero-order chi connectivity index (χ0) is 17.5. The van der Waals surface area contributed by atoms with E-state index in [1.807, 2.05) is 6.92 Å². The lowest BCUT2D eigenvalue weighted by molar-refractivity contribution is -0.141. The van der Waals surface area contributed by atoms with Gasteiger partial charge in [0.05, 0.1) is 17.2 Å². The van der Waals surface area contributed by atoms with Gasteiger partial charge in [-0.25, -0.2) is 4.98 Å². The highest BCUT2D eigenvalue weighted by Crippen LogP contribution is 2.29. The molecule has 1 aromatic rings. The Morgan fingerprint density at radius 2 is 1.96 bits per heavy atom. The molecule has 0 aliphatic rings. The Bertz CT molecular complexity index is 468. The van der Waals surface area contributed by atoms with Crippen LogP contribution in [0.2, 0.25) is 0 Å². The number of nitrogens with zero attached hydrogens (tertiary/aromatic N) is 1. The molecule has 0 saturated carbocycles. The lowest BCUT2D eigenvalue weighted by Gasteiger charge is -2.26. The van der Waals surface area contributed by atoms with Crippen LogP contribution < -0.4 is 0 Å². The van der Waals surface area contributed by atoms with Crippen LogP contribution in [0.1, 0.15) is 32.4 Å². The van der Waals surface area contributed by atoms with Crippen molar-refractivity contribution in [1.82, 2.24) is 4.98 Å². The lowest BCUT2D eigenvalue weighted by atomic mass is 10.0. The summed E-state index contributed by atoms with van der Waals surface area (Å²) in [6.07, 6.45) is -5.81. The summed E-state index contributed by atoms with van der Waals surface area (Å²) < 4.78 is 43.2. The molecule has 0 spiro atoms. The van der Waals surface area contributed by atoms with Crippen molar-refractivity contribution in [3.8, 4) is 0 Å². The van der Waals surface area contributed by atoms with Crippen molar-refractivity contribution in [3.63, 3.8) is 0 Å². The van der Waals surface area contributed by atoms with Crippen LogP contribution in [0.3, 0.4) is 0 Å². The first kappa shape index (κ1) is 20.2. The third-order valence-corrected chi connectivity index (χ3v) is 4.18. The SMILES string of the molecule is CCCC(OCC)C(O)C(O)CSc1cccc(C(F)(F)F)n1. The summed E-state index contributed by atoms with van der Waals surface area (Å²) in [7, 11) is 0. The number of thioether (sulfide) groups is 1. The molecule has 0 saturated heterocycles. The zero-order valence-electron chi connectivity index (χ0n) is 13.1. The first-order chi connectivity index (χ1) is 10.8. The maximum atomic E-state index is 12.6. The molecule has 23 heavy (non-hydrogen) atoms. The largest absolute Gasteiger partial charge is 0.433 e. The van der Waals surface area contributed by atoms with Crippen molar-refractivity contribution in [2.24, 2.45) is 0 Å². The van der Waals surface area contributed by atoms with Crippen LogP contribution in [0, 0.1) is 0 Å². The zero-order valence-corrected chi connectivity index (χ0v) is 13.9. The Hall–Kier alpha value is -0.830. The molecule has 132 valence electrons. The molecule has 0 aliphatic carbocycles. The molecule has 1 heterocycles. The van der Waals surface area contributed by atoms with E-state index in [-0.39, 0.29) is 10.8 Å². The fourth-order valence-electron chi connectivity index (χ4n) is 2.02. The van der Waals surface area contributed by atoms with Gasteiger partial charge in [-0.05, 0) is 25.5 Å². The summed E-state index contributed by atoms with van der Waals surface area (Å²) in [5.74, 6) is 0.0305. The molecule has 0 bridgehead atoms. The van der Waals surface area contributed by atoms with Gasteiger partial charge in [0, 0.05) is 12.4 Å². The summed E-state index contributed by atoms with van der Waals surface area (Å²) in [6.45, 7) is 4.15. The van der Waals surface area contributed by atoms with Gasteiger partial charge < -0.3 is 14.9 Å². The van der Waals surface area contributed by atoms with Gasteiger partial charge in [-0.2, -0.15) is 13.2 Å². The highest BCUT2D eigenvalue weighted by Gasteiger charge is 2.32. The van der Waals surface area contributed by atoms with Crippen LogP contribution in [0.4, 0.5) is 13.2 Å². The molecule has 0 aromatic carbocycles. The van der Waals surface area contributed by atoms with E-state index in [0.29, 0.717) is 13.0 Å². The molecule has 0 fully saturated rings. The fraction of sp³-hybridized carbons (Fsp3) is 0.667.